The van der Waals surface area contributed by atoms with Crippen LogP contribution in [0, 0.1) is 5.41 Å². The lowest BCUT2D eigenvalue weighted by Gasteiger charge is -2.18. The third-order valence-corrected chi connectivity index (χ3v) is 3.12. The molecule has 0 aromatic heterocycles. The Labute approximate surface area is 118 Å². The number of carbonyl (C=O) groups excluding carboxylic acids is 1. The second kappa shape index (κ2) is 9.86. The molecule has 0 spiro atoms. The predicted octanol–water partition coefficient (Wildman–Crippen LogP) is 5.04. The number of ether oxygens (including phenoxy) is 1. The lowest BCUT2D eigenvalue weighted by atomic mass is 9.87. The summed E-state index contributed by atoms with van der Waals surface area (Å²) in [5, 5.41) is 0. The summed E-state index contributed by atoms with van der Waals surface area (Å²) >= 11 is 0. The summed E-state index contributed by atoms with van der Waals surface area (Å²) in [6, 6.07) is 0. The molecule has 0 aliphatic heterocycles. The van der Waals surface area contributed by atoms with Crippen LogP contribution in [0.4, 0.5) is 0 Å². The van der Waals surface area contributed by atoms with E-state index in [1.165, 1.54) is 24.8 Å². The van der Waals surface area contributed by atoms with Gasteiger partial charge < -0.3 is 4.74 Å². The van der Waals surface area contributed by atoms with Crippen LogP contribution in [0.15, 0.2) is 17.4 Å². The summed E-state index contributed by atoms with van der Waals surface area (Å²) in [4.78, 5) is 11.2. The van der Waals surface area contributed by atoms with Gasteiger partial charge in [-0.25, -0.2) is 0 Å². The van der Waals surface area contributed by atoms with Gasteiger partial charge in [-0.15, -0.1) is 5.73 Å². The van der Waals surface area contributed by atoms with E-state index in [0.29, 0.717) is 13.0 Å². The maximum absolute atomic E-state index is 11.2. The number of carbonyl (C=O) groups is 1. The minimum atomic E-state index is -0.0949. The molecule has 0 aliphatic rings. The summed E-state index contributed by atoms with van der Waals surface area (Å²) in [6.07, 6.45) is 8.15. The molecule has 2 heteroatoms. The fourth-order valence-corrected chi connectivity index (χ4v) is 1.83. The molecule has 0 saturated heterocycles. The number of unbranched alkanes of at least 4 members (excludes halogenated alkanes) is 1. The molecule has 0 atom stereocenters. The first-order valence-electron chi connectivity index (χ1n) is 7.50. The highest BCUT2D eigenvalue weighted by atomic mass is 16.5. The van der Waals surface area contributed by atoms with E-state index in [2.05, 4.69) is 39.5 Å². The zero-order valence-corrected chi connectivity index (χ0v) is 13.3. The molecule has 0 aliphatic carbocycles. The van der Waals surface area contributed by atoms with Crippen LogP contribution in [0.25, 0.3) is 0 Å². The number of hydrogen-bond donors (Lipinski definition) is 0. The van der Waals surface area contributed by atoms with Crippen molar-refractivity contribution >= 4 is 5.97 Å². The van der Waals surface area contributed by atoms with E-state index in [1.807, 2.05) is 6.92 Å². The molecule has 0 aromatic rings. The Kier molecular flexibility index (Phi) is 9.34. The Morgan fingerprint density at radius 2 is 1.89 bits per heavy atom. The van der Waals surface area contributed by atoms with Crippen molar-refractivity contribution in [1.82, 2.24) is 0 Å². The Morgan fingerprint density at radius 3 is 2.47 bits per heavy atom. The third-order valence-electron chi connectivity index (χ3n) is 3.12. The second-order valence-corrected chi connectivity index (χ2v) is 5.82. The maximum atomic E-state index is 11.2. The van der Waals surface area contributed by atoms with E-state index < -0.39 is 0 Å². The summed E-state index contributed by atoms with van der Waals surface area (Å²) < 4.78 is 4.91. The van der Waals surface area contributed by atoms with Gasteiger partial charge in [-0.2, -0.15) is 0 Å². The Morgan fingerprint density at radius 1 is 1.21 bits per heavy atom. The van der Waals surface area contributed by atoms with Gasteiger partial charge in [-0.05, 0) is 50.2 Å². The average Bonchev–Trinajstić information content (AvgIpc) is 2.34. The van der Waals surface area contributed by atoms with Crippen molar-refractivity contribution in [1.29, 1.82) is 0 Å². The lowest BCUT2D eigenvalue weighted by Crippen LogP contribution is -2.06. The highest BCUT2D eigenvalue weighted by molar-refractivity contribution is 5.69. The Bertz CT molecular complexity index is 320. The van der Waals surface area contributed by atoms with Gasteiger partial charge in [0.1, 0.15) is 0 Å². The van der Waals surface area contributed by atoms with Gasteiger partial charge in [-0.1, -0.05) is 33.6 Å². The van der Waals surface area contributed by atoms with Gasteiger partial charge in [0, 0.05) is 6.42 Å². The van der Waals surface area contributed by atoms with Crippen LogP contribution in [0.5, 0.6) is 0 Å². The standard InChI is InChI=1S/C17H30O2/c1-6-8-13-17(4,5)14-12-15(3)10-9-11-16(18)19-7-2/h14H,6-11,13H2,1-5H3. The zero-order valence-electron chi connectivity index (χ0n) is 13.3. The monoisotopic (exact) mass is 266 g/mol. The maximum Gasteiger partial charge on any atom is 0.305 e. The van der Waals surface area contributed by atoms with Crippen LogP contribution in [0.2, 0.25) is 0 Å². The van der Waals surface area contributed by atoms with Gasteiger partial charge in [0.25, 0.3) is 0 Å². The van der Waals surface area contributed by atoms with E-state index in [1.54, 1.807) is 0 Å². The first-order valence-corrected chi connectivity index (χ1v) is 7.50. The molecule has 19 heavy (non-hydrogen) atoms. The van der Waals surface area contributed by atoms with Crippen molar-refractivity contribution in [2.75, 3.05) is 6.61 Å². The van der Waals surface area contributed by atoms with Crippen LogP contribution in [-0.2, 0) is 9.53 Å². The smallest absolute Gasteiger partial charge is 0.305 e. The highest BCUT2D eigenvalue weighted by Crippen LogP contribution is 2.24. The van der Waals surface area contributed by atoms with E-state index in [4.69, 9.17) is 4.74 Å². The van der Waals surface area contributed by atoms with Crippen molar-refractivity contribution in [2.45, 2.75) is 73.1 Å². The Hall–Kier alpha value is -1.01. The van der Waals surface area contributed by atoms with Crippen LogP contribution < -0.4 is 0 Å². The molecule has 110 valence electrons. The third kappa shape index (κ3) is 10.6. The van der Waals surface area contributed by atoms with Gasteiger partial charge in [-0.3, -0.25) is 4.79 Å². The molecule has 0 rings (SSSR count). The number of rotatable bonds is 9. The molecule has 0 N–H and O–H groups in total. The van der Waals surface area contributed by atoms with Crippen molar-refractivity contribution in [2.24, 2.45) is 5.41 Å². The fraction of sp³-hybridized carbons (Fsp3) is 0.765. The molecule has 0 unspecified atom stereocenters. The first-order chi connectivity index (χ1) is 8.91. The minimum Gasteiger partial charge on any atom is -0.466 e. The van der Waals surface area contributed by atoms with E-state index in [-0.39, 0.29) is 11.4 Å². The quantitative estimate of drug-likeness (QED) is 0.432. The van der Waals surface area contributed by atoms with Gasteiger partial charge >= 0.3 is 5.97 Å². The normalized spacial score (nSPS) is 10.8. The van der Waals surface area contributed by atoms with E-state index in [0.717, 1.165) is 12.8 Å². The number of esters is 1. The molecule has 0 heterocycles. The topological polar surface area (TPSA) is 26.3 Å². The summed E-state index contributed by atoms with van der Waals surface area (Å²) in [7, 11) is 0. The van der Waals surface area contributed by atoms with Gasteiger partial charge in [0.05, 0.1) is 6.61 Å². The van der Waals surface area contributed by atoms with E-state index in [9.17, 15) is 4.79 Å². The number of allylic oxidation sites excluding steroid dienone is 1. The molecule has 0 aromatic carbocycles. The fourth-order valence-electron chi connectivity index (χ4n) is 1.83. The largest absolute Gasteiger partial charge is 0.466 e. The van der Waals surface area contributed by atoms with Crippen LogP contribution in [0.3, 0.4) is 0 Å². The predicted molar refractivity (Wildman–Crippen MR) is 81.1 cm³/mol. The Balaban J connectivity index is 4.14. The van der Waals surface area contributed by atoms with Crippen molar-refractivity contribution in [3.8, 4) is 0 Å². The molecular weight excluding hydrogens is 236 g/mol. The summed E-state index contributed by atoms with van der Waals surface area (Å²) in [6.45, 7) is 11.1. The zero-order chi connectivity index (χ0) is 14.7. The SMILES string of the molecule is CCCCC(C)(C)C=C=C(C)CCCC(=O)OCC. The molecule has 2 nitrogen and oxygen atoms in total. The molecule has 0 fully saturated rings. The van der Waals surface area contributed by atoms with Crippen LogP contribution in [-0.4, -0.2) is 12.6 Å². The average molecular weight is 266 g/mol. The summed E-state index contributed by atoms with van der Waals surface area (Å²) in [5.74, 6) is -0.0949. The molecule has 0 amide bonds. The first kappa shape index (κ1) is 18.0. The molecular formula is C17H30O2. The highest BCUT2D eigenvalue weighted by Gasteiger charge is 2.12. The van der Waals surface area contributed by atoms with Crippen molar-refractivity contribution < 1.29 is 9.53 Å². The van der Waals surface area contributed by atoms with Gasteiger partial charge in [0.15, 0.2) is 0 Å². The van der Waals surface area contributed by atoms with Crippen molar-refractivity contribution in [3.63, 3.8) is 0 Å². The number of hydrogen-bond acceptors (Lipinski definition) is 2. The van der Waals surface area contributed by atoms with Crippen LogP contribution in [0.1, 0.15) is 73.1 Å². The van der Waals surface area contributed by atoms with Gasteiger partial charge in [0.2, 0.25) is 0 Å². The molecule has 0 radical (unpaired) electrons. The van der Waals surface area contributed by atoms with Crippen molar-refractivity contribution in [3.05, 3.63) is 17.4 Å². The molecule has 0 saturated carbocycles. The lowest BCUT2D eigenvalue weighted by molar-refractivity contribution is -0.143. The molecule has 0 bridgehead atoms. The summed E-state index contributed by atoms with van der Waals surface area (Å²) in [5.41, 5.74) is 4.81. The minimum absolute atomic E-state index is 0.0949. The second-order valence-electron chi connectivity index (χ2n) is 5.82. The van der Waals surface area contributed by atoms with Crippen LogP contribution >= 0.6 is 0 Å². The van der Waals surface area contributed by atoms with E-state index >= 15 is 0 Å².